The zero-order valence-electron chi connectivity index (χ0n) is 15.5. The summed E-state index contributed by atoms with van der Waals surface area (Å²) in [4.78, 5) is 29.3. The van der Waals surface area contributed by atoms with Crippen molar-refractivity contribution in [2.24, 2.45) is 0 Å². The first-order valence-corrected chi connectivity index (χ1v) is 10.00. The smallest absolute Gasteiger partial charge is 0.337 e. The number of thiophene rings is 1. The van der Waals surface area contributed by atoms with E-state index in [1.807, 2.05) is 22.9 Å². The lowest BCUT2D eigenvalue weighted by atomic mass is 10.1. The molecule has 3 aromatic rings. The molecule has 2 heterocycles. The van der Waals surface area contributed by atoms with Gasteiger partial charge in [-0.25, -0.2) is 14.6 Å². The Morgan fingerprint density at radius 2 is 1.83 bits per heavy atom. The van der Waals surface area contributed by atoms with Crippen LogP contribution in [-0.2, 0) is 9.47 Å². The molecule has 0 fully saturated rings. The number of thiazole rings is 1. The quantitative estimate of drug-likeness (QED) is 0.461. The Labute approximate surface area is 174 Å². The molecule has 29 heavy (non-hydrogen) atoms. The van der Waals surface area contributed by atoms with E-state index >= 15 is 0 Å². The van der Waals surface area contributed by atoms with Crippen LogP contribution in [0.2, 0.25) is 0 Å². The Hall–Kier alpha value is -3.48. The maximum atomic E-state index is 11.9. The average Bonchev–Trinajstić information content (AvgIpc) is 3.45. The molecule has 9 heteroatoms. The van der Waals surface area contributed by atoms with Crippen molar-refractivity contribution in [1.29, 1.82) is 5.26 Å². The molecule has 0 atom stereocenters. The van der Waals surface area contributed by atoms with Gasteiger partial charge in [0.05, 0.1) is 35.9 Å². The number of hydrogen-bond acceptors (Lipinski definition) is 9. The molecule has 0 saturated carbocycles. The summed E-state index contributed by atoms with van der Waals surface area (Å²) in [7, 11) is 2.50. The number of nitriles is 1. The third-order valence-corrected chi connectivity index (χ3v) is 5.55. The van der Waals surface area contributed by atoms with Crippen molar-refractivity contribution < 1.29 is 19.1 Å². The third-order valence-electron chi connectivity index (χ3n) is 3.79. The van der Waals surface area contributed by atoms with Gasteiger partial charge in [-0.3, -0.25) is 0 Å². The summed E-state index contributed by atoms with van der Waals surface area (Å²) in [6.07, 6.45) is 1.48. The molecule has 2 aromatic heterocycles. The number of carbonyl (C=O) groups excluding carboxylic acids is 2. The predicted octanol–water partition coefficient (Wildman–Crippen LogP) is 4.42. The second-order valence-electron chi connectivity index (χ2n) is 5.61. The predicted molar refractivity (Wildman–Crippen MR) is 112 cm³/mol. The Kier molecular flexibility index (Phi) is 6.39. The van der Waals surface area contributed by atoms with Crippen molar-refractivity contribution in [2.45, 2.75) is 0 Å². The minimum absolute atomic E-state index is 0.180. The molecule has 0 aliphatic rings. The van der Waals surface area contributed by atoms with E-state index in [0.29, 0.717) is 16.3 Å². The van der Waals surface area contributed by atoms with Crippen LogP contribution in [0.3, 0.4) is 0 Å². The fraction of sp³-hybridized carbons (Fsp3) is 0.100. The number of allylic oxidation sites excluding steroid dienone is 1. The molecule has 0 radical (unpaired) electrons. The van der Waals surface area contributed by atoms with Gasteiger partial charge in [-0.1, -0.05) is 6.07 Å². The summed E-state index contributed by atoms with van der Waals surface area (Å²) < 4.78 is 9.44. The van der Waals surface area contributed by atoms with Crippen LogP contribution < -0.4 is 5.32 Å². The van der Waals surface area contributed by atoms with E-state index in [1.54, 1.807) is 11.3 Å². The molecule has 0 aliphatic carbocycles. The maximum Gasteiger partial charge on any atom is 0.337 e. The van der Waals surface area contributed by atoms with Crippen LogP contribution in [0.4, 0.5) is 5.69 Å². The molecule has 0 unspecified atom stereocenters. The number of benzene rings is 1. The van der Waals surface area contributed by atoms with E-state index in [9.17, 15) is 14.9 Å². The molecule has 1 aromatic carbocycles. The van der Waals surface area contributed by atoms with Crippen LogP contribution in [0.25, 0.3) is 16.1 Å². The van der Waals surface area contributed by atoms with Gasteiger partial charge < -0.3 is 14.8 Å². The van der Waals surface area contributed by atoms with Crippen molar-refractivity contribution in [1.82, 2.24) is 4.98 Å². The van der Waals surface area contributed by atoms with Crippen molar-refractivity contribution in [2.75, 3.05) is 19.5 Å². The molecule has 0 aliphatic heterocycles. The second-order valence-corrected chi connectivity index (χ2v) is 7.42. The molecule has 0 amide bonds. The average molecular weight is 425 g/mol. The molecule has 1 N–H and O–H groups in total. The van der Waals surface area contributed by atoms with Crippen LogP contribution in [-0.4, -0.2) is 31.1 Å². The van der Waals surface area contributed by atoms with Gasteiger partial charge in [0.2, 0.25) is 0 Å². The summed E-state index contributed by atoms with van der Waals surface area (Å²) in [6.45, 7) is 0. The second kappa shape index (κ2) is 9.14. The fourth-order valence-corrected chi connectivity index (χ4v) is 3.96. The number of aromatic nitrogens is 1. The highest BCUT2D eigenvalue weighted by molar-refractivity contribution is 7.14. The summed E-state index contributed by atoms with van der Waals surface area (Å²) in [5.41, 5.74) is 1.91. The normalized spacial score (nSPS) is 10.9. The van der Waals surface area contributed by atoms with Crippen molar-refractivity contribution in [3.63, 3.8) is 0 Å². The highest BCUT2D eigenvalue weighted by atomic mass is 32.1. The SMILES string of the molecule is COC(=O)c1cc(NC=C(C#N)c2nc(-c3cccs3)cs2)cc(C(=O)OC)c1. The highest BCUT2D eigenvalue weighted by Gasteiger charge is 2.14. The van der Waals surface area contributed by atoms with E-state index in [1.165, 1.54) is 50.0 Å². The van der Waals surface area contributed by atoms with E-state index in [4.69, 9.17) is 9.47 Å². The number of methoxy groups -OCH3 is 2. The first kappa shape index (κ1) is 20.3. The van der Waals surface area contributed by atoms with E-state index in [2.05, 4.69) is 16.4 Å². The number of carbonyl (C=O) groups is 2. The van der Waals surface area contributed by atoms with Gasteiger partial charge >= 0.3 is 11.9 Å². The monoisotopic (exact) mass is 425 g/mol. The standard InChI is InChI=1S/C20H15N3O4S2/c1-26-19(24)12-6-13(20(25)27-2)8-15(7-12)22-10-14(9-21)18-23-16(11-29-18)17-4-3-5-28-17/h3-8,10-11,22H,1-2H3. The van der Waals surface area contributed by atoms with Gasteiger partial charge in [-0.2, -0.15) is 5.26 Å². The number of anilines is 1. The van der Waals surface area contributed by atoms with Gasteiger partial charge in [0.25, 0.3) is 0 Å². The van der Waals surface area contributed by atoms with E-state index < -0.39 is 11.9 Å². The zero-order valence-corrected chi connectivity index (χ0v) is 17.1. The summed E-state index contributed by atoms with van der Waals surface area (Å²) in [6, 6.07) is 10.4. The topological polar surface area (TPSA) is 101 Å². The Balaban J connectivity index is 1.89. The van der Waals surface area contributed by atoms with Crippen molar-refractivity contribution in [3.05, 3.63) is 63.4 Å². The van der Waals surface area contributed by atoms with Crippen LogP contribution in [0.1, 0.15) is 25.7 Å². The molecule has 0 bridgehead atoms. The minimum atomic E-state index is -0.594. The molecule has 7 nitrogen and oxygen atoms in total. The highest BCUT2D eigenvalue weighted by Crippen LogP contribution is 2.29. The number of esters is 2. The fourth-order valence-electron chi connectivity index (χ4n) is 2.41. The van der Waals surface area contributed by atoms with Crippen molar-refractivity contribution >= 4 is 45.9 Å². The molecule has 0 spiro atoms. The zero-order chi connectivity index (χ0) is 20.8. The van der Waals surface area contributed by atoms with Crippen LogP contribution in [0.5, 0.6) is 0 Å². The summed E-state index contributed by atoms with van der Waals surface area (Å²) >= 11 is 2.93. The van der Waals surface area contributed by atoms with Gasteiger partial charge in [-0.15, -0.1) is 22.7 Å². The van der Waals surface area contributed by atoms with Gasteiger partial charge in [0.1, 0.15) is 16.6 Å². The largest absolute Gasteiger partial charge is 0.465 e. The lowest BCUT2D eigenvalue weighted by molar-refractivity contribution is 0.0599. The van der Waals surface area contributed by atoms with Gasteiger partial charge in [0, 0.05) is 17.3 Å². The minimum Gasteiger partial charge on any atom is -0.465 e. The first-order chi connectivity index (χ1) is 14.0. The van der Waals surface area contributed by atoms with Gasteiger partial charge in [0.15, 0.2) is 0 Å². The third kappa shape index (κ3) is 4.68. The van der Waals surface area contributed by atoms with E-state index in [-0.39, 0.29) is 11.1 Å². The van der Waals surface area contributed by atoms with Crippen LogP contribution in [0, 0.1) is 11.3 Å². The number of rotatable bonds is 6. The molecule has 0 saturated heterocycles. The number of nitrogens with zero attached hydrogens (tertiary/aromatic N) is 2. The van der Waals surface area contributed by atoms with E-state index in [0.717, 1.165) is 10.6 Å². The van der Waals surface area contributed by atoms with Crippen LogP contribution >= 0.6 is 22.7 Å². The lowest BCUT2D eigenvalue weighted by Crippen LogP contribution is -2.07. The Morgan fingerprint density at radius 3 is 2.38 bits per heavy atom. The number of ether oxygens (including phenoxy) is 2. The number of hydrogen-bond donors (Lipinski definition) is 1. The maximum absolute atomic E-state index is 11.9. The molecular formula is C20H15N3O4S2. The first-order valence-electron chi connectivity index (χ1n) is 8.24. The molecule has 3 rings (SSSR count). The lowest BCUT2D eigenvalue weighted by Gasteiger charge is -2.08. The summed E-state index contributed by atoms with van der Waals surface area (Å²) in [5, 5.41) is 16.9. The van der Waals surface area contributed by atoms with Crippen molar-refractivity contribution in [3.8, 4) is 16.6 Å². The molecular weight excluding hydrogens is 410 g/mol. The number of nitrogens with one attached hydrogen (secondary N) is 1. The van der Waals surface area contributed by atoms with Gasteiger partial charge in [-0.05, 0) is 29.6 Å². The molecule has 146 valence electrons. The Bertz CT molecular complexity index is 1080. The Morgan fingerprint density at radius 1 is 1.14 bits per heavy atom. The summed E-state index contributed by atoms with van der Waals surface area (Å²) in [5.74, 6) is -1.19. The van der Waals surface area contributed by atoms with Crippen LogP contribution in [0.15, 0.2) is 47.3 Å².